The first-order valence-electron chi connectivity index (χ1n) is 10.6. The highest BCUT2D eigenvalue weighted by Gasteiger charge is 2.48. The number of sulfonamides is 1. The van der Waals surface area contributed by atoms with Crippen molar-refractivity contribution >= 4 is 33.0 Å². The first-order chi connectivity index (χ1) is 15.9. The molecular formula is C21H22N6O4S2. The Bertz CT molecular complexity index is 1300. The van der Waals surface area contributed by atoms with E-state index in [1.54, 1.807) is 30.7 Å². The summed E-state index contributed by atoms with van der Waals surface area (Å²) in [6.45, 7) is 2.34. The van der Waals surface area contributed by atoms with E-state index in [9.17, 15) is 13.2 Å². The summed E-state index contributed by atoms with van der Waals surface area (Å²) in [7, 11) is -3.37. The van der Waals surface area contributed by atoms with Crippen molar-refractivity contribution in [3.8, 4) is 16.5 Å². The monoisotopic (exact) mass is 486 g/mol. The molecule has 0 unspecified atom stereocenters. The normalized spacial score (nSPS) is 16.8. The lowest BCUT2D eigenvalue weighted by atomic mass is 10.1. The van der Waals surface area contributed by atoms with Gasteiger partial charge in [0, 0.05) is 12.4 Å². The number of pyridine rings is 1. The second-order valence-electron chi connectivity index (χ2n) is 8.02. The lowest BCUT2D eigenvalue weighted by molar-refractivity contribution is 0.0929. The van der Waals surface area contributed by atoms with Crippen molar-refractivity contribution in [2.75, 3.05) is 11.3 Å². The van der Waals surface area contributed by atoms with Crippen LogP contribution in [0.3, 0.4) is 0 Å². The minimum absolute atomic E-state index is 0.297. The number of ether oxygens (including phenoxy) is 1. The molecule has 0 aromatic carbocycles. The SMILES string of the molecule is CCOc1cncc(-c2cnc(C(=O)NC3(c4cc(NS(=O)(=O)C5CC5)ccn4)CC3)s2)n1. The van der Waals surface area contributed by atoms with Gasteiger partial charge < -0.3 is 10.1 Å². The molecule has 2 fully saturated rings. The molecule has 0 bridgehead atoms. The maximum absolute atomic E-state index is 12.9. The summed E-state index contributed by atoms with van der Waals surface area (Å²) in [5, 5.41) is 3.01. The number of hydrogen-bond donors (Lipinski definition) is 2. The van der Waals surface area contributed by atoms with Gasteiger partial charge in [0.1, 0.15) is 5.69 Å². The number of hydrogen-bond acceptors (Lipinski definition) is 9. The van der Waals surface area contributed by atoms with Gasteiger partial charge in [-0.1, -0.05) is 0 Å². The molecule has 0 atom stereocenters. The standard InChI is InChI=1S/C21H22N6O4S2/c1-2-31-18-12-22-10-15(25-18)16-11-24-20(32-16)19(28)26-21(6-7-21)17-9-13(5-8-23-17)27-33(29,30)14-3-4-14/h5,8-12,14H,2-4,6-7H2,1H3,(H,23,27)(H,26,28). The molecule has 12 heteroatoms. The zero-order valence-corrected chi connectivity index (χ0v) is 19.4. The molecule has 1 amide bonds. The van der Waals surface area contributed by atoms with Gasteiger partial charge >= 0.3 is 0 Å². The van der Waals surface area contributed by atoms with E-state index in [1.165, 1.54) is 17.5 Å². The number of rotatable bonds is 9. The average Bonchev–Trinajstić information content (AvgIpc) is 3.73. The first kappa shape index (κ1) is 21.7. The quantitative estimate of drug-likeness (QED) is 0.471. The topological polar surface area (TPSA) is 136 Å². The number of amides is 1. The van der Waals surface area contributed by atoms with Gasteiger partial charge in [0.05, 0.1) is 46.0 Å². The summed E-state index contributed by atoms with van der Waals surface area (Å²) < 4.78 is 32.5. The van der Waals surface area contributed by atoms with Gasteiger partial charge in [-0.25, -0.2) is 18.4 Å². The van der Waals surface area contributed by atoms with E-state index in [-0.39, 0.29) is 11.2 Å². The second kappa shape index (κ2) is 8.34. The van der Waals surface area contributed by atoms with Crippen LogP contribution in [0.1, 0.15) is 48.1 Å². The van der Waals surface area contributed by atoms with Crippen molar-refractivity contribution in [2.45, 2.75) is 43.4 Å². The molecule has 33 heavy (non-hydrogen) atoms. The average molecular weight is 487 g/mol. The maximum Gasteiger partial charge on any atom is 0.281 e. The molecule has 0 aliphatic heterocycles. The molecule has 0 radical (unpaired) electrons. The number of thiazole rings is 1. The lowest BCUT2D eigenvalue weighted by Crippen LogP contribution is -2.35. The van der Waals surface area contributed by atoms with Crippen molar-refractivity contribution < 1.29 is 17.9 Å². The summed E-state index contributed by atoms with van der Waals surface area (Å²) in [5.74, 6) is 0.0954. The molecule has 2 saturated carbocycles. The van der Waals surface area contributed by atoms with Crippen LogP contribution in [-0.4, -0.2) is 46.1 Å². The Morgan fingerprint density at radius 1 is 1.24 bits per heavy atom. The highest BCUT2D eigenvalue weighted by molar-refractivity contribution is 7.93. The largest absolute Gasteiger partial charge is 0.477 e. The third kappa shape index (κ3) is 4.67. The Kier molecular flexibility index (Phi) is 5.49. The molecule has 5 rings (SSSR count). The molecule has 2 N–H and O–H groups in total. The van der Waals surface area contributed by atoms with E-state index in [0.717, 1.165) is 0 Å². The van der Waals surface area contributed by atoms with Gasteiger partial charge in [0.15, 0.2) is 5.01 Å². The first-order valence-corrected chi connectivity index (χ1v) is 13.0. The fourth-order valence-electron chi connectivity index (χ4n) is 3.40. The fourth-order valence-corrected chi connectivity index (χ4v) is 5.55. The molecule has 2 aliphatic carbocycles. The van der Waals surface area contributed by atoms with Crippen LogP contribution in [0.5, 0.6) is 5.88 Å². The van der Waals surface area contributed by atoms with Crippen molar-refractivity contribution in [2.24, 2.45) is 0 Å². The van der Waals surface area contributed by atoms with Crippen LogP contribution >= 0.6 is 11.3 Å². The molecule has 3 aromatic rings. The van der Waals surface area contributed by atoms with Crippen molar-refractivity contribution in [3.63, 3.8) is 0 Å². The number of aromatic nitrogens is 4. The number of nitrogens with zero attached hydrogens (tertiary/aromatic N) is 4. The van der Waals surface area contributed by atoms with Crippen molar-refractivity contribution in [1.82, 2.24) is 25.3 Å². The van der Waals surface area contributed by atoms with Gasteiger partial charge in [0.25, 0.3) is 5.91 Å². The molecule has 172 valence electrons. The van der Waals surface area contributed by atoms with Gasteiger partial charge in [-0.2, -0.15) is 0 Å². The number of carbonyl (C=O) groups excluding carboxylic acids is 1. The summed E-state index contributed by atoms with van der Waals surface area (Å²) in [4.78, 5) is 30.8. The fraction of sp³-hybridized carbons (Fsp3) is 0.381. The summed E-state index contributed by atoms with van der Waals surface area (Å²) in [6.07, 6.45) is 9.06. The van der Waals surface area contributed by atoms with E-state index in [4.69, 9.17) is 4.74 Å². The van der Waals surface area contributed by atoms with Crippen LogP contribution in [0.25, 0.3) is 10.6 Å². The Morgan fingerprint density at radius 3 is 2.79 bits per heavy atom. The Balaban J connectivity index is 1.30. The minimum atomic E-state index is -3.37. The van der Waals surface area contributed by atoms with Gasteiger partial charge in [0.2, 0.25) is 15.9 Å². The molecule has 0 saturated heterocycles. The van der Waals surface area contributed by atoms with Crippen LogP contribution in [0.4, 0.5) is 5.69 Å². The predicted octanol–water partition coefficient (Wildman–Crippen LogP) is 2.72. The third-order valence-electron chi connectivity index (χ3n) is 5.43. The van der Waals surface area contributed by atoms with Gasteiger partial charge in [-0.15, -0.1) is 11.3 Å². The Morgan fingerprint density at radius 2 is 2.06 bits per heavy atom. The van der Waals surface area contributed by atoms with E-state index in [1.807, 2.05) is 6.92 Å². The predicted molar refractivity (Wildman–Crippen MR) is 122 cm³/mol. The molecule has 10 nitrogen and oxygen atoms in total. The van der Waals surface area contributed by atoms with E-state index in [2.05, 4.69) is 30.0 Å². The molecule has 2 aliphatic rings. The van der Waals surface area contributed by atoms with Crippen LogP contribution in [-0.2, 0) is 15.6 Å². The molecule has 3 heterocycles. The van der Waals surface area contributed by atoms with Crippen LogP contribution in [0.15, 0.2) is 36.9 Å². The Hall–Kier alpha value is -3.12. The molecular weight excluding hydrogens is 464 g/mol. The highest BCUT2D eigenvalue weighted by Crippen LogP contribution is 2.45. The van der Waals surface area contributed by atoms with E-state index >= 15 is 0 Å². The summed E-state index contributed by atoms with van der Waals surface area (Å²) in [5.41, 5.74) is 1.03. The van der Waals surface area contributed by atoms with Crippen LogP contribution < -0.4 is 14.8 Å². The summed E-state index contributed by atoms with van der Waals surface area (Å²) in [6, 6.07) is 3.31. The van der Waals surface area contributed by atoms with E-state index in [0.29, 0.717) is 65.1 Å². The Labute approximate surface area is 194 Å². The number of anilines is 1. The minimum Gasteiger partial charge on any atom is -0.477 e. The van der Waals surface area contributed by atoms with Crippen LogP contribution in [0, 0.1) is 0 Å². The molecule has 3 aromatic heterocycles. The third-order valence-corrected chi connectivity index (χ3v) is 8.32. The maximum atomic E-state index is 12.9. The lowest BCUT2D eigenvalue weighted by Gasteiger charge is -2.17. The van der Waals surface area contributed by atoms with Gasteiger partial charge in [-0.05, 0) is 44.7 Å². The smallest absolute Gasteiger partial charge is 0.281 e. The zero-order chi connectivity index (χ0) is 23.1. The van der Waals surface area contributed by atoms with Gasteiger partial charge in [-0.3, -0.25) is 19.5 Å². The summed E-state index contributed by atoms with van der Waals surface area (Å²) >= 11 is 1.21. The van der Waals surface area contributed by atoms with Crippen LogP contribution in [0.2, 0.25) is 0 Å². The van der Waals surface area contributed by atoms with Crippen molar-refractivity contribution in [1.29, 1.82) is 0 Å². The van der Waals surface area contributed by atoms with Crippen molar-refractivity contribution in [3.05, 3.63) is 47.6 Å². The number of carbonyl (C=O) groups is 1. The number of nitrogens with one attached hydrogen (secondary N) is 2. The molecule has 0 spiro atoms. The second-order valence-corrected chi connectivity index (χ2v) is 11.0. The zero-order valence-electron chi connectivity index (χ0n) is 17.8. The highest BCUT2D eigenvalue weighted by atomic mass is 32.2. The van der Waals surface area contributed by atoms with E-state index < -0.39 is 15.6 Å².